The summed E-state index contributed by atoms with van der Waals surface area (Å²) in [6.45, 7) is -1.57. The van der Waals surface area contributed by atoms with Gasteiger partial charge in [-0.15, -0.1) is 0 Å². The fraction of sp³-hybridized carbons (Fsp3) is 0.158. The van der Waals surface area contributed by atoms with Crippen molar-refractivity contribution in [2.45, 2.75) is 19.6 Å². The lowest BCUT2D eigenvalue weighted by atomic mass is 10.1. The van der Waals surface area contributed by atoms with Gasteiger partial charge < -0.3 is 14.6 Å². The van der Waals surface area contributed by atoms with E-state index in [0.717, 1.165) is 0 Å². The number of hydrogen-bond acceptors (Lipinski definition) is 4. The van der Waals surface area contributed by atoms with Crippen molar-refractivity contribution >= 4 is 17.8 Å². The first-order valence-electron chi connectivity index (χ1n) is 7.62. The Morgan fingerprint density at radius 1 is 1.04 bits per heavy atom. The van der Waals surface area contributed by atoms with Crippen LogP contribution in [0.4, 0.5) is 8.78 Å². The Hall–Kier alpha value is -3.22. The number of aliphatic carboxylic acids is 1. The van der Waals surface area contributed by atoms with E-state index >= 15 is 0 Å². The Bertz CT molecular complexity index is 800. The van der Waals surface area contributed by atoms with Gasteiger partial charge in [0.05, 0.1) is 0 Å². The number of carbonyl (C=O) groups excluding carboxylic acids is 1. The summed E-state index contributed by atoms with van der Waals surface area (Å²) >= 11 is 0. The quantitative estimate of drug-likeness (QED) is 0.567. The van der Waals surface area contributed by atoms with Gasteiger partial charge in [-0.05, 0) is 49.4 Å². The molecule has 0 aliphatic carbocycles. The van der Waals surface area contributed by atoms with Crippen molar-refractivity contribution in [1.29, 1.82) is 0 Å². The van der Waals surface area contributed by atoms with Gasteiger partial charge in [-0.25, -0.2) is 4.79 Å². The van der Waals surface area contributed by atoms with Crippen LogP contribution in [0, 0.1) is 0 Å². The average molecular weight is 362 g/mol. The number of hydrogen-bond donors (Lipinski definition) is 1. The number of allylic oxidation sites excluding steroid dienone is 1. The van der Waals surface area contributed by atoms with E-state index in [1.54, 1.807) is 18.2 Å². The highest BCUT2D eigenvalue weighted by Crippen LogP contribution is 2.22. The number of para-hydroxylation sites is 1. The second-order valence-electron chi connectivity index (χ2n) is 5.24. The van der Waals surface area contributed by atoms with Crippen LogP contribution in [0.2, 0.25) is 0 Å². The van der Waals surface area contributed by atoms with Crippen molar-refractivity contribution in [2.75, 3.05) is 0 Å². The second kappa shape index (κ2) is 8.75. The van der Waals surface area contributed by atoms with Gasteiger partial charge in [0.1, 0.15) is 11.5 Å². The van der Waals surface area contributed by atoms with Gasteiger partial charge in [0.25, 0.3) is 0 Å². The highest BCUT2D eigenvalue weighted by Gasteiger charge is 2.12. The molecule has 0 saturated carbocycles. The lowest BCUT2D eigenvalue weighted by molar-refractivity contribution is -0.144. The number of rotatable bonds is 8. The zero-order chi connectivity index (χ0) is 19.1. The number of carboxylic acids is 1. The van der Waals surface area contributed by atoms with Crippen molar-refractivity contribution < 1.29 is 33.0 Å². The van der Waals surface area contributed by atoms with Crippen LogP contribution >= 0.6 is 0 Å². The summed E-state index contributed by atoms with van der Waals surface area (Å²) in [4.78, 5) is 22.9. The van der Waals surface area contributed by atoms with Crippen molar-refractivity contribution in [3.8, 4) is 11.5 Å². The zero-order valence-corrected chi connectivity index (χ0v) is 13.8. The van der Waals surface area contributed by atoms with E-state index < -0.39 is 18.7 Å². The molecule has 0 saturated heterocycles. The van der Waals surface area contributed by atoms with Gasteiger partial charge in [-0.2, -0.15) is 8.78 Å². The second-order valence-corrected chi connectivity index (χ2v) is 5.24. The molecule has 0 aromatic heterocycles. The molecule has 2 aromatic carbocycles. The van der Waals surface area contributed by atoms with Gasteiger partial charge >= 0.3 is 12.6 Å². The molecule has 136 valence electrons. The molecule has 1 atom stereocenters. The van der Waals surface area contributed by atoms with Crippen LogP contribution in [-0.2, 0) is 4.79 Å². The van der Waals surface area contributed by atoms with Gasteiger partial charge in [0, 0.05) is 11.1 Å². The first kappa shape index (κ1) is 19.1. The molecule has 0 aliphatic rings. The highest BCUT2D eigenvalue weighted by molar-refractivity contribution is 6.07. The maximum Gasteiger partial charge on any atom is 0.387 e. The number of ketones is 1. The summed E-state index contributed by atoms with van der Waals surface area (Å²) in [6.07, 6.45) is 1.61. The predicted molar refractivity (Wildman–Crippen MR) is 90.6 cm³/mol. The number of alkyl halides is 2. The Labute approximate surface area is 148 Å². The van der Waals surface area contributed by atoms with Crippen LogP contribution in [0.5, 0.6) is 11.5 Å². The topological polar surface area (TPSA) is 72.8 Å². The minimum Gasteiger partial charge on any atom is -0.479 e. The van der Waals surface area contributed by atoms with Crippen molar-refractivity contribution in [1.82, 2.24) is 0 Å². The third-order valence-corrected chi connectivity index (χ3v) is 3.35. The van der Waals surface area contributed by atoms with Crippen LogP contribution in [0.3, 0.4) is 0 Å². The largest absolute Gasteiger partial charge is 0.479 e. The molecule has 0 heterocycles. The number of halogens is 2. The molecule has 0 radical (unpaired) electrons. The molecule has 0 amide bonds. The van der Waals surface area contributed by atoms with E-state index in [0.29, 0.717) is 16.9 Å². The Morgan fingerprint density at radius 2 is 1.69 bits per heavy atom. The van der Waals surface area contributed by atoms with E-state index in [1.165, 1.54) is 49.4 Å². The normalized spacial score (nSPS) is 12.2. The van der Waals surface area contributed by atoms with Crippen molar-refractivity contribution in [3.63, 3.8) is 0 Å². The molecule has 0 aliphatic heterocycles. The van der Waals surface area contributed by atoms with E-state index in [1.807, 2.05) is 0 Å². The van der Waals surface area contributed by atoms with Crippen molar-refractivity contribution in [3.05, 3.63) is 65.7 Å². The van der Waals surface area contributed by atoms with Crippen LogP contribution in [-0.4, -0.2) is 29.6 Å². The monoisotopic (exact) mass is 362 g/mol. The third kappa shape index (κ3) is 5.41. The minimum absolute atomic E-state index is 0.0297. The Balaban J connectivity index is 2.08. The smallest absolute Gasteiger partial charge is 0.387 e. The number of ether oxygens (including phenoxy) is 2. The van der Waals surface area contributed by atoms with E-state index in [-0.39, 0.29) is 11.5 Å². The summed E-state index contributed by atoms with van der Waals surface area (Å²) < 4.78 is 34.3. The maximum atomic E-state index is 12.4. The van der Waals surface area contributed by atoms with Gasteiger partial charge in [0.15, 0.2) is 11.9 Å². The summed E-state index contributed by atoms with van der Waals surface area (Å²) in [6, 6.07) is 12.0. The Morgan fingerprint density at radius 3 is 2.31 bits per heavy atom. The van der Waals surface area contributed by atoms with Crippen molar-refractivity contribution in [2.24, 2.45) is 0 Å². The van der Waals surface area contributed by atoms with E-state index in [4.69, 9.17) is 9.84 Å². The molecule has 2 aromatic rings. The first-order chi connectivity index (χ1) is 12.4. The van der Waals surface area contributed by atoms with Gasteiger partial charge in [-0.1, -0.05) is 18.2 Å². The molecule has 1 N–H and O–H groups in total. The predicted octanol–water partition coefficient (Wildman–Crippen LogP) is 4.04. The number of carbonyl (C=O) groups is 2. The molecule has 7 heteroatoms. The summed E-state index contributed by atoms with van der Waals surface area (Å²) in [5.41, 5.74) is 0.681. The van der Waals surface area contributed by atoms with E-state index in [2.05, 4.69) is 4.74 Å². The Kier molecular flexibility index (Phi) is 6.43. The minimum atomic E-state index is -2.96. The summed E-state index contributed by atoms with van der Waals surface area (Å²) in [5, 5.41) is 8.80. The molecule has 5 nitrogen and oxygen atoms in total. The number of carboxylic acid groups (broad SMARTS) is 1. The molecular formula is C19H16F2O5. The SMILES string of the molecule is CC(Oc1ccc(C(=O)C=Cc2ccccc2OC(F)F)cc1)C(=O)O. The molecule has 0 spiro atoms. The lowest BCUT2D eigenvalue weighted by Crippen LogP contribution is -2.22. The zero-order valence-electron chi connectivity index (χ0n) is 13.8. The van der Waals surface area contributed by atoms with Gasteiger partial charge in [0.2, 0.25) is 0 Å². The van der Waals surface area contributed by atoms with Crippen LogP contribution in [0.25, 0.3) is 6.08 Å². The highest BCUT2D eigenvalue weighted by atomic mass is 19.3. The average Bonchev–Trinajstić information content (AvgIpc) is 2.60. The van der Waals surface area contributed by atoms with Crippen LogP contribution in [0.15, 0.2) is 54.6 Å². The summed E-state index contributed by atoms with van der Waals surface area (Å²) in [7, 11) is 0. The standard InChI is InChI=1S/C19H16F2O5/c1-12(18(23)24)25-15-9-6-13(7-10-15)16(22)11-8-14-4-2-3-5-17(14)26-19(20)21/h2-12,19H,1H3,(H,23,24). The van der Waals surface area contributed by atoms with Crippen LogP contribution < -0.4 is 9.47 Å². The van der Waals surface area contributed by atoms with Crippen LogP contribution in [0.1, 0.15) is 22.8 Å². The molecule has 26 heavy (non-hydrogen) atoms. The lowest BCUT2D eigenvalue weighted by Gasteiger charge is -2.10. The molecule has 0 bridgehead atoms. The van der Waals surface area contributed by atoms with E-state index in [9.17, 15) is 18.4 Å². The van der Waals surface area contributed by atoms with Gasteiger partial charge in [-0.3, -0.25) is 4.79 Å². The maximum absolute atomic E-state index is 12.4. The molecule has 0 fully saturated rings. The fourth-order valence-electron chi connectivity index (χ4n) is 2.04. The first-order valence-corrected chi connectivity index (χ1v) is 7.62. The molecular weight excluding hydrogens is 346 g/mol. The molecule has 1 unspecified atom stereocenters. The third-order valence-electron chi connectivity index (χ3n) is 3.35. The number of benzene rings is 2. The molecule has 2 rings (SSSR count). The summed E-state index contributed by atoms with van der Waals surface area (Å²) in [5.74, 6) is -1.17. The fourth-order valence-corrected chi connectivity index (χ4v) is 2.04.